The van der Waals surface area contributed by atoms with E-state index in [4.69, 9.17) is 0 Å². The summed E-state index contributed by atoms with van der Waals surface area (Å²) in [7, 11) is 0. The molecule has 2 aromatic carbocycles. The number of hydrogen-bond acceptors (Lipinski definition) is 3. The molecule has 2 heterocycles. The molecule has 6 nitrogen and oxygen atoms in total. The van der Waals surface area contributed by atoms with E-state index in [-0.39, 0.29) is 23.3 Å². The first kappa shape index (κ1) is 19.4. The second-order valence-corrected chi connectivity index (χ2v) is 7.32. The van der Waals surface area contributed by atoms with Gasteiger partial charge in [-0.3, -0.25) is 14.0 Å². The van der Waals surface area contributed by atoms with Crippen molar-refractivity contribution in [2.24, 2.45) is 0 Å². The van der Waals surface area contributed by atoms with Gasteiger partial charge in [-0.15, -0.1) is 0 Å². The van der Waals surface area contributed by atoms with E-state index in [1.54, 1.807) is 22.7 Å². The van der Waals surface area contributed by atoms with E-state index in [1.807, 2.05) is 69.3 Å². The van der Waals surface area contributed by atoms with E-state index in [0.717, 1.165) is 16.7 Å². The van der Waals surface area contributed by atoms with Crippen molar-refractivity contribution in [3.63, 3.8) is 0 Å². The van der Waals surface area contributed by atoms with Gasteiger partial charge >= 0.3 is 0 Å². The molecule has 6 heteroatoms. The van der Waals surface area contributed by atoms with Crippen molar-refractivity contribution in [2.45, 2.75) is 20.8 Å². The van der Waals surface area contributed by atoms with Crippen LogP contribution in [-0.4, -0.2) is 21.2 Å². The summed E-state index contributed by atoms with van der Waals surface area (Å²) in [6, 6.07) is 18.6. The Kier molecular flexibility index (Phi) is 5.06. The molecule has 2 amide bonds. The molecular weight excluding hydrogens is 376 g/mol. The predicted octanol–water partition coefficient (Wildman–Crippen LogP) is 4.76. The molecule has 0 aliphatic rings. The minimum absolute atomic E-state index is 0.150. The SMILES string of the molecule is Cc1cccc(NC(=O)c2nc(C(=O)Nc3ccc(C)c(C)c3)c3ccccn23)c1. The third kappa shape index (κ3) is 3.80. The Labute approximate surface area is 174 Å². The molecular formula is C24H22N4O2. The van der Waals surface area contributed by atoms with Gasteiger partial charge in [-0.1, -0.05) is 24.3 Å². The minimum atomic E-state index is -0.382. The summed E-state index contributed by atoms with van der Waals surface area (Å²) in [6.07, 6.45) is 1.72. The van der Waals surface area contributed by atoms with Gasteiger partial charge in [0, 0.05) is 17.6 Å². The van der Waals surface area contributed by atoms with Crippen LogP contribution in [0.25, 0.3) is 5.52 Å². The first-order chi connectivity index (χ1) is 14.4. The van der Waals surface area contributed by atoms with Gasteiger partial charge < -0.3 is 10.6 Å². The number of imidazole rings is 1. The zero-order valence-corrected chi connectivity index (χ0v) is 17.1. The van der Waals surface area contributed by atoms with Gasteiger partial charge in [0.05, 0.1) is 5.52 Å². The summed E-state index contributed by atoms with van der Waals surface area (Å²) in [6.45, 7) is 5.96. The lowest BCUT2D eigenvalue weighted by Crippen LogP contribution is -2.16. The first-order valence-electron chi connectivity index (χ1n) is 9.66. The number of aryl methyl sites for hydroxylation is 3. The van der Waals surface area contributed by atoms with Crippen LogP contribution in [0.15, 0.2) is 66.9 Å². The van der Waals surface area contributed by atoms with Crippen molar-refractivity contribution in [3.8, 4) is 0 Å². The van der Waals surface area contributed by atoms with Crippen LogP contribution in [0.5, 0.6) is 0 Å². The number of hydrogen-bond donors (Lipinski definition) is 2. The summed E-state index contributed by atoms with van der Waals surface area (Å²) in [4.78, 5) is 30.2. The van der Waals surface area contributed by atoms with Gasteiger partial charge in [0.2, 0.25) is 5.82 Å². The predicted molar refractivity (Wildman–Crippen MR) is 118 cm³/mol. The highest BCUT2D eigenvalue weighted by Gasteiger charge is 2.21. The normalized spacial score (nSPS) is 10.8. The average molecular weight is 398 g/mol. The number of nitrogens with one attached hydrogen (secondary N) is 2. The molecule has 0 atom stereocenters. The van der Waals surface area contributed by atoms with Crippen LogP contribution in [0.4, 0.5) is 11.4 Å². The summed E-state index contributed by atoms with van der Waals surface area (Å²) in [5, 5.41) is 5.73. The fourth-order valence-corrected chi connectivity index (χ4v) is 3.28. The topological polar surface area (TPSA) is 75.5 Å². The largest absolute Gasteiger partial charge is 0.321 e. The second kappa shape index (κ2) is 7.83. The standard InChI is InChI=1S/C24H22N4O2/c1-15-7-6-8-18(13-15)26-24(30)22-27-21(20-9-4-5-12-28(20)22)23(29)25-19-11-10-16(2)17(3)14-19/h4-14H,1-3H3,(H,25,29)(H,26,30). The summed E-state index contributed by atoms with van der Waals surface area (Å²) < 4.78 is 1.63. The van der Waals surface area contributed by atoms with Crippen molar-refractivity contribution < 1.29 is 9.59 Å². The summed E-state index contributed by atoms with van der Waals surface area (Å²) in [5.74, 6) is -0.596. The second-order valence-electron chi connectivity index (χ2n) is 7.32. The number of pyridine rings is 1. The molecule has 150 valence electrons. The molecule has 0 bridgehead atoms. The van der Waals surface area contributed by atoms with Crippen molar-refractivity contribution in [1.82, 2.24) is 9.38 Å². The molecule has 0 aliphatic heterocycles. The van der Waals surface area contributed by atoms with Crippen LogP contribution >= 0.6 is 0 Å². The Morgan fingerprint density at radius 2 is 1.57 bits per heavy atom. The van der Waals surface area contributed by atoms with Gasteiger partial charge in [0.15, 0.2) is 5.69 Å². The highest BCUT2D eigenvalue weighted by atomic mass is 16.2. The van der Waals surface area contributed by atoms with Gasteiger partial charge in [-0.2, -0.15) is 0 Å². The maximum absolute atomic E-state index is 12.9. The average Bonchev–Trinajstić information content (AvgIpc) is 3.11. The Balaban J connectivity index is 1.67. The zero-order chi connectivity index (χ0) is 21.3. The Hall–Kier alpha value is -3.93. The number of rotatable bonds is 4. The lowest BCUT2D eigenvalue weighted by molar-refractivity contribution is 0.101. The van der Waals surface area contributed by atoms with Crippen molar-refractivity contribution in [2.75, 3.05) is 10.6 Å². The third-order valence-corrected chi connectivity index (χ3v) is 5.01. The molecule has 4 aromatic rings. The molecule has 2 N–H and O–H groups in total. The summed E-state index contributed by atoms with van der Waals surface area (Å²) >= 11 is 0. The molecule has 0 fully saturated rings. The molecule has 0 spiro atoms. The Morgan fingerprint density at radius 1 is 0.800 bits per heavy atom. The smallest absolute Gasteiger partial charge is 0.292 e. The van der Waals surface area contributed by atoms with Gasteiger partial charge in [-0.05, 0) is 73.9 Å². The van der Waals surface area contributed by atoms with Crippen LogP contribution < -0.4 is 10.6 Å². The minimum Gasteiger partial charge on any atom is -0.321 e. The van der Waals surface area contributed by atoms with Crippen molar-refractivity contribution in [3.05, 3.63) is 95.1 Å². The number of benzene rings is 2. The highest BCUT2D eigenvalue weighted by molar-refractivity contribution is 6.10. The van der Waals surface area contributed by atoms with E-state index in [9.17, 15) is 9.59 Å². The Bertz CT molecular complexity index is 1270. The maximum atomic E-state index is 12.9. The van der Waals surface area contributed by atoms with Gasteiger partial charge in [0.25, 0.3) is 11.8 Å². The number of anilines is 2. The molecule has 4 rings (SSSR count). The fourth-order valence-electron chi connectivity index (χ4n) is 3.28. The number of amides is 2. The summed E-state index contributed by atoms with van der Waals surface area (Å²) in [5.41, 5.74) is 5.39. The number of fused-ring (bicyclic) bond motifs is 1. The van der Waals surface area contributed by atoms with E-state index >= 15 is 0 Å². The lowest BCUT2D eigenvalue weighted by atomic mass is 10.1. The fraction of sp³-hybridized carbons (Fsp3) is 0.125. The molecule has 2 aromatic heterocycles. The number of nitrogens with zero attached hydrogens (tertiary/aromatic N) is 2. The third-order valence-electron chi connectivity index (χ3n) is 5.01. The van der Waals surface area contributed by atoms with Crippen molar-refractivity contribution >= 4 is 28.7 Å². The van der Waals surface area contributed by atoms with Gasteiger partial charge in [-0.25, -0.2) is 4.98 Å². The molecule has 30 heavy (non-hydrogen) atoms. The van der Waals surface area contributed by atoms with E-state index in [1.165, 1.54) is 0 Å². The first-order valence-corrected chi connectivity index (χ1v) is 9.66. The number of carbonyl (C=O) groups is 2. The molecule has 0 unspecified atom stereocenters. The quantitative estimate of drug-likeness (QED) is 0.520. The van der Waals surface area contributed by atoms with E-state index < -0.39 is 0 Å². The highest BCUT2D eigenvalue weighted by Crippen LogP contribution is 2.19. The van der Waals surface area contributed by atoms with Crippen LogP contribution in [0.2, 0.25) is 0 Å². The number of carbonyl (C=O) groups excluding carboxylic acids is 2. The van der Waals surface area contributed by atoms with E-state index in [2.05, 4.69) is 15.6 Å². The van der Waals surface area contributed by atoms with Crippen LogP contribution in [-0.2, 0) is 0 Å². The van der Waals surface area contributed by atoms with Crippen molar-refractivity contribution in [1.29, 1.82) is 0 Å². The lowest BCUT2D eigenvalue weighted by Gasteiger charge is -2.06. The van der Waals surface area contributed by atoms with Crippen LogP contribution in [0, 0.1) is 20.8 Å². The number of aromatic nitrogens is 2. The Morgan fingerprint density at radius 3 is 2.33 bits per heavy atom. The zero-order valence-electron chi connectivity index (χ0n) is 17.1. The molecule has 0 saturated carbocycles. The molecule has 0 aliphatic carbocycles. The van der Waals surface area contributed by atoms with Gasteiger partial charge in [0.1, 0.15) is 0 Å². The van der Waals surface area contributed by atoms with Crippen LogP contribution in [0.1, 0.15) is 37.8 Å². The van der Waals surface area contributed by atoms with Crippen LogP contribution in [0.3, 0.4) is 0 Å². The monoisotopic (exact) mass is 398 g/mol. The van der Waals surface area contributed by atoms with E-state index in [0.29, 0.717) is 16.9 Å². The molecule has 0 saturated heterocycles. The molecule has 0 radical (unpaired) electrons. The maximum Gasteiger partial charge on any atom is 0.292 e.